The van der Waals surface area contributed by atoms with Crippen LogP contribution in [0.15, 0.2) is 34.9 Å². The van der Waals surface area contributed by atoms with E-state index in [2.05, 4.69) is 25.7 Å². The molecule has 0 saturated heterocycles. The smallest absolute Gasteiger partial charge is 0.406 e. The summed E-state index contributed by atoms with van der Waals surface area (Å²) in [5.41, 5.74) is 2.19. The minimum atomic E-state index is -4.79. The van der Waals surface area contributed by atoms with Crippen molar-refractivity contribution in [1.82, 2.24) is 9.88 Å². The van der Waals surface area contributed by atoms with Crippen LogP contribution in [0.25, 0.3) is 0 Å². The Kier molecular flexibility index (Phi) is 4.78. The van der Waals surface area contributed by atoms with Crippen LogP contribution in [0.4, 0.5) is 17.6 Å². The van der Waals surface area contributed by atoms with Gasteiger partial charge in [0.15, 0.2) is 0 Å². The van der Waals surface area contributed by atoms with Crippen LogP contribution in [-0.4, -0.2) is 22.8 Å². The topological polar surface area (TPSA) is 25.4 Å². The number of alkyl halides is 3. The normalized spacial score (nSPS) is 15.2. The average Bonchev–Trinajstić information content (AvgIpc) is 2.49. The molecule has 8 heteroatoms. The molecule has 0 atom stereocenters. The third kappa shape index (κ3) is 4.24. The molecule has 2 heterocycles. The Hall–Kier alpha value is -1.67. The van der Waals surface area contributed by atoms with E-state index in [-0.39, 0.29) is 12.1 Å². The van der Waals surface area contributed by atoms with Gasteiger partial charge in [-0.15, -0.1) is 13.2 Å². The van der Waals surface area contributed by atoms with E-state index in [0.29, 0.717) is 19.5 Å². The van der Waals surface area contributed by atoms with Crippen LogP contribution in [0.5, 0.6) is 5.75 Å². The van der Waals surface area contributed by atoms with Crippen LogP contribution in [0.1, 0.15) is 16.8 Å². The molecule has 2 aromatic rings. The third-order valence-electron chi connectivity index (χ3n) is 3.73. The molecule has 3 nitrogen and oxygen atoms in total. The molecule has 0 radical (unpaired) electrons. The minimum Gasteiger partial charge on any atom is -0.406 e. The maximum absolute atomic E-state index is 13.9. The van der Waals surface area contributed by atoms with Crippen molar-refractivity contribution in [3.05, 3.63) is 57.6 Å². The van der Waals surface area contributed by atoms with Gasteiger partial charge in [0, 0.05) is 48.0 Å². The second-order valence-corrected chi connectivity index (χ2v) is 6.44. The lowest BCUT2D eigenvalue weighted by Gasteiger charge is -2.28. The molecule has 0 spiro atoms. The first kappa shape index (κ1) is 17.2. The molecular weight excluding hydrogens is 392 g/mol. The molecule has 0 bridgehead atoms. The second kappa shape index (κ2) is 6.68. The highest BCUT2D eigenvalue weighted by Crippen LogP contribution is 2.27. The first-order valence-corrected chi connectivity index (χ1v) is 7.99. The minimum absolute atomic E-state index is 0.170. The molecule has 24 heavy (non-hydrogen) atoms. The molecule has 0 aliphatic carbocycles. The van der Waals surface area contributed by atoms with Crippen LogP contribution in [0.2, 0.25) is 0 Å². The van der Waals surface area contributed by atoms with Crippen molar-refractivity contribution in [2.45, 2.75) is 25.9 Å². The first-order chi connectivity index (χ1) is 11.3. The molecular formula is C16H13BrF4N2O. The predicted octanol–water partition coefficient (Wildman–Crippen LogP) is 4.44. The van der Waals surface area contributed by atoms with Crippen LogP contribution in [-0.2, 0) is 19.5 Å². The lowest BCUT2D eigenvalue weighted by atomic mass is 10.0. The average molecular weight is 405 g/mol. The summed E-state index contributed by atoms with van der Waals surface area (Å²) >= 11 is 3.36. The van der Waals surface area contributed by atoms with Gasteiger partial charge in [-0.1, -0.05) is 0 Å². The third-order valence-corrected chi connectivity index (χ3v) is 4.16. The highest BCUT2D eigenvalue weighted by Gasteiger charge is 2.31. The predicted molar refractivity (Wildman–Crippen MR) is 82.8 cm³/mol. The molecule has 0 amide bonds. The van der Waals surface area contributed by atoms with E-state index in [4.69, 9.17) is 0 Å². The Balaban J connectivity index is 1.75. The molecule has 1 aromatic carbocycles. The Morgan fingerprint density at radius 1 is 1.25 bits per heavy atom. The zero-order chi connectivity index (χ0) is 17.3. The zero-order valence-corrected chi connectivity index (χ0v) is 14.0. The lowest BCUT2D eigenvalue weighted by Crippen LogP contribution is -2.31. The SMILES string of the molecule is Fc1ccc(OC(F)(F)F)cc1CN1CCc2ncc(Br)cc2C1. The molecule has 0 N–H and O–H groups in total. The van der Waals surface area contributed by atoms with Gasteiger partial charge < -0.3 is 4.74 Å². The molecule has 1 aliphatic rings. The molecule has 1 aromatic heterocycles. The van der Waals surface area contributed by atoms with Gasteiger partial charge in [-0.2, -0.15) is 0 Å². The van der Waals surface area contributed by atoms with Gasteiger partial charge in [-0.05, 0) is 45.8 Å². The molecule has 128 valence electrons. The number of benzene rings is 1. The van der Waals surface area contributed by atoms with Crippen molar-refractivity contribution in [1.29, 1.82) is 0 Å². The van der Waals surface area contributed by atoms with Gasteiger partial charge in [-0.25, -0.2) is 4.39 Å². The Bertz CT molecular complexity index is 751. The number of nitrogens with zero attached hydrogens (tertiary/aromatic N) is 2. The van der Waals surface area contributed by atoms with Crippen LogP contribution < -0.4 is 4.74 Å². The molecule has 3 rings (SSSR count). The largest absolute Gasteiger partial charge is 0.573 e. The van der Waals surface area contributed by atoms with Gasteiger partial charge in [-0.3, -0.25) is 9.88 Å². The summed E-state index contributed by atoms with van der Waals surface area (Å²) in [5.74, 6) is -0.969. The zero-order valence-electron chi connectivity index (χ0n) is 12.4. The van der Waals surface area contributed by atoms with E-state index in [1.165, 1.54) is 0 Å². The number of hydrogen-bond acceptors (Lipinski definition) is 3. The number of halogens is 5. The van der Waals surface area contributed by atoms with E-state index in [1.807, 2.05) is 11.0 Å². The van der Waals surface area contributed by atoms with E-state index in [1.54, 1.807) is 6.20 Å². The fourth-order valence-electron chi connectivity index (χ4n) is 2.70. The van der Waals surface area contributed by atoms with Crippen molar-refractivity contribution < 1.29 is 22.3 Å². The maximum atomic E-state index is 13.9. The highest BCUT2D eigenvalue weighted by atomic mass is 79.9. The van der Waals surface area contributed by atoms with Crippen molar-refractivity contribution in [3.8, 4) is 5.75 Å². The number of fused-ring (bicyclic) bond motifs is 1. The number of rotatable bonds is 3. The number of pyridine rings is 1. The number of hydrogen-bond donors (Lipinski definition) is 0. The van der Waals surface area contributed by atoms with Crippen LogP contribution in [0, 0.1) is 5.82 Å². The molecule has 0 unspecified atom stereocenters. The van der Waals surface area contributed by atoms with Crippen molar-refractivity contribution in [2.24, 2.45) is 0 Å². The van der Waals surface area contributed by atoms with Gasteiger partial charge >= 0.3 is 6.36 Å². The summed E-state index contributed by atoms with van der Waals surface area (Å²) < 4.78 is 55.5. The highest BCUT2D eigenvalue weighted by molar-refractivity contribution is 9.10. The maximum Gasteiger partial charge on any atom is 0.573 e. The summed E-state index contributed by atoms with van der Waals surface area (Å²) in [6.07, 6.45) is -2.35. The van der Waals surface area contributed by atoms with Gasteiger partial charge in [0.25, 0.3) is 0 Å². The fraction of sp³-hybridized carbons (Fsp3) is 0.312. The van der Waals surface area contributed by atoms with Gasteiger partial charge in [0.1, 0.15) is 11.6 Å². The molecule has 0 fully saturated rings. The Morgan fingerprint density at radius 3 is 2.79 bits per heavy atom. The van der Waals surface area contributed by atoms with Crippen LogP contribution >= 0.6 is 15.9 Å². The van der Waals surface area contributed by atoms with E-state index >= 15 is 0 Å². The second-order valence-electron chi connectivity index (χ2n) is 5.52. The monoisotopic (exact) mass is 404 g/mol. The molecule has 1 aliphatic heterocycles. The molecule has 0 saturated carbocycles. The summed E-state index contributed by atoms with van der Waals surface area (Å²) in [5, 5.41) is 0. The summed E-state index contributed by atoms with van der Waals surface area (Å²) in [4.78, 5) is 6.30. The summed E-state index contributed by atoms with van der Waals surface area (Å²) in [6, 6.07) is 5.01. The van der Waals surface area contributed by atoms with E-state index in [0.717, 1.165) is 33.9 Å². The fourth-order valence-corrected chi connectivity index (χ4v) is 3.08. The number of ether oxygens (including phenoxy) is 1. The van der Waals surface area contributed by atoms with E-state index < -0.39 is 17.9 Å². The standard InChI is InChI=1S/C16H13BrF4N2O/c17-12-5-11-9-23(4-3-15(11)22-7-12)8-10-6-13(1-2-14(10)18)24-16(19,20)21/h1-2,5-7H,3-4,8-9H2. The van der Waals surface area contributed by atoms with Crippen molar-refractivity contribution in [3.63, 3.8) is 0 Å². The van der Waals surface area contributed by atoms with Crippen LogP contribution in [0.3, 0.4) is 0 Å². The van der Waals surface area contributed by atoms with Gasteiger partial charge in [0.2, 0.25) is 0 Å². The Morgan fingerprint density at radius 2 is 2.04 bits per heavy atom. The quantitative estimate of drug-likeness (QED) is 0.707. The van der Waals surface area contributed by atoms with Gasteiger partial charge in [0.05, 0.1) is 0 Å². The summed E-state index contributed by atoms with van der Waals surface area (Å²) in [6.45, 7) is 1.42. The van der Waals surface area contributed by atoms with Crippen molar-refractivity contribution >= 4 is 15.9 Å². The lowest BCUT2D eigenvalue weighted by molar-refractivity contribution is -0.274. The van der Waals surface area contributed by atoms with E-state index in [9.17, 15) is 17.6 Å². The number of aromatic nitrogens is 1. The van der Waals surface area contributed by atoms with Crippen molar-refractivity contribution in [2.75, 3.05) is 6.54 Å². The Labute approximate surface area is 144 Å². The first-order valence-electron chi connectivity index (χ1n) is 7.20. The summed E-state index contributed by atoms with van der Waals surface area (Å²) in [7, 11) is 0.